The van der Waals surface area contributed by atoms with E-state index in [0.717, 1.165) is 31.2 Å². The lowest BCUT2D eigenvalue weighted by Crippen LogP contribution is -2.57. The van der Waals surface area contributed by atoms with Crippen LogP contribution in [0.15, 0.2) is 30.3 Å². The van der Waals surface area contributed by atoms with Crippen LogP contribution in [-0.4, -0.2) is 53.7 Å². The van der Waals surface area contributed by atoms with Crippen molar-refractivity contribution in [2.75, 3.05) is 18.8 Å². The van der Waals surface area contributed by atoms with Gasteiger partial charge in [0.05, 0.1) is 0 Å². The summed E-state index contributed by atoms with van der Waals surface area (Å²) in [6.45, 7) is 1.12. The number of piperidine rings is 1. The summed E-state index contributed by atoms with van der Waals surface area (Å²) in [4.78, 5) is 27.9. The number of carbonyl (C=O) groups excluding carboxylic acids is 2. The number of hydrogen-bond acceptors (Lipinski definition) is 4. The van der Waals surface area contributed by atoms with Gasteiger partial charge in [0, 0.05) is 38.4 Å². The average molecular weight is 419 g/mol. The lowest BCUT2D eigenvalue weighted by atomic mass is 9.95. The summed E-state index contributed by atoms with van der Waals surface area (Å²) in [6.07, 6.45) is 7.10. The van der Waals surface area contributed by atoms with Crippen molar-refractivity contribution in [2.45, 2.75) is 62.8 Å². The summed E-state index contributed by atoms with van der Waals surface area (Å²) in [5.74, 6) is -0.486. The first-order chi connectivity index (χ1) is 13.9. The first kappa shape index (κ1) is 20.4. The molecule has 2 amide bonds. The maximum atomic E-state index is 13.0. The summed E-state index contributed by atoms with van der Waals surface area (Å²) in [5, 5.41) is 0. The van der Waals surface area contributed by atoms with E-state index >= 15 is 0 Å². The van der Waals surface area contributed by atoms with E-state index in [4.69, 9.17) is 0 Å². The molecular formula is C22H30N2O4S. The molecule has 29 heavy (non-hydrogen) atoms. The third-order valence-corrected chi connectivity index (χ3v) is 9.34. The molecule has 3 fully saturated rings. The fraction of sp³-hybridized carbons (Fsp3) is 0.636. The van der Waals surface area contributed by atoms with Gasteiger partial charge >= 0.3 is 0 Å². The van der Waals surface area contributed by atoms with Gasteiger partial charge in [-0.3, -0.25) is 9.59 Å². The molecule has 6 nitrogen and oxygen atoms in total. The number of carbonyl (C=O) groups is 2. The van der Waals surface area contributed by atoms with E-state index in [0.29, 0.717) is 32.5 Å². The normalized spacial score (nSPS) is 24.6. The summed E-state index contributed by atoms with van der Waals surface area (Å²) < 4.78 is 26.0. The van der Waals surface area contributed by atoms with Gasteiger partial charge in [0.2, 0.25) is 11.8 Å². The predicted molar refractivity (Wildman–Crippen MR) is 111 cm³/mol. The molecule has 2 heterocycles. The Morgan fingerprint density at radius 3 is 2.24 bits per heavy atom. The molecule has 0 unspecified atom stereocenters. The molecule has 1 aromatic carbocycles. The largest absolute Gasteiger partial charge is 0.342 e. The molecule has 1 saturated carbocycles. The van der Waals surface area contributed by atoms with E-state index in [1.807, 2.05) is 35.2 Å². The van der Waals surface area contributed by atoms with Crippen LogP contribution in [0.2, 0.25) is 0 Å². The zero-order chi connectivity index (χ0) is 20.5. The predicted octanol–water partition coefficient (Wildman–Crippen LogP) is 2.73. The van der Waals surface area contributed by atoms with Crippen LogP contribution < -0.4 is 0 Å². The van der Waals surface area contributed by atoms with E-state index in [-0.39, 0.29) is 17.7 Å². The second kappa shape index (κ2) is 8.09. The molecule has 158 valence electrons. The van der Waals surface area contributed by atoms with Crippen LogP contribution in [0.1, 0.15) is 56.9 Å². The van der Waals surface area contributed by atoms with Crippen LogP contribution in [0, 0.1) is 5.92 Å². The highest BCUT2D eigenvalue weighted by molar-refractivity contribution is 7.93. The molecule has 1 aromatic rings. The van der Waals surface area contributed by atoms with Gasteiger partial charge in [-0.25, -0.2) is 8.42 Å². The monoisotopic (exact) mass is 418 g/mol. The topological polar surface area (TPSA) is 74.8 Å². The number of nitrogens with zero attached hydrogens (tertiary/aromatic N) is 2. The molecule has 7 heteroatoms. The smallest absolute Gasteiger partial charge is 0.239 e. The number of benzene rings is 1. The zero-order valence-corrected chi connectivity index (χ0v) is 17.7. The Morgan fingerprint density at radius 2 is 1.62 bits per heavy atom. The third kappa shape index (κ3) is 3.81. The van der Waals surface area contributed by atoms with E-state index in [1.54, 1.807) is 4.90 Å². The second-order valence-electron chi connectivity index (χ2n) is 8.68. The highest BCUT2D eigenvalue weighted by Crippen LogP contribution is 2.41. The minimum Gasteiger partial charge on any atom is -0.342 e. The summed E-state index contributed by atoms with van der Waals surface area (Å²) in [5.41, 5.74) is 0.925. The lowest BCUT2D eigenvalue weighted by molar-refractivity contribution is -0.139. The van der Waals surface area contributed by atoms with E-state index in [2.05, 4.69) is 0 Å². The first-order valence-electron chi connectivity index (χ1n) is 10.8. The van der Waals surface area contributed by atoms with E-state index in [1.165, 1.54) is 12.8 Å². The van der Waals surface area contributed by atoms with E-state index in [9.17, 15) is 18.0 Å². The van der Waals surface area contributed by atoms with Gasteiger partial charge in [-0.1, -0.05) is 56.0 Å². The highest BCUT2D eigenvalue weighted by atomic mass is 32.2. The van der Waals surface area contributed by atoms with Crippen molar-refractivity contribution in [2.24, 2.45) is 5.92 Å². The SMILES string of the molecule is O=C(C1CCCCCC1)N1CCC2(CC1)N(Cc1ccccc1)C(=O)CS2(=O)=O. The zero-order valence-electron chi connectivity index (χ0n) is 16.9. The van der Waals surface area contributed by atoms with Crippen molar-refractivity contribution < 1.29 is 18.0 Å². The minimum absolute atomic E-state index is 0.0776. The van der Waals surface area contributed by atoms with Crippen molar-refractivity contribution >= 4 is 21.7 Å². The Hall–Kier alpha value is -1.89. The highest BCUT2D eigenvalue weighted by Gasteiger charge is 2.58. The third-order valence-electron chi connectivity index (χ3n) is 6.93. The van der Waals surface area contributed by atoms with Crippen LogP contribution in [0.5, 0.6) is 0 Å². The Bertz CT molecular complexity index is 852. The summed E-state index contributed by atoms with van der Waals surface area (Å²) in [6, 6.07) is 9.52. The van der Waals surface area contributed by atoms with Gasteiger partial charge in [-0.2, -0.15) is 0 Å². The Labute approximate surface area is 173 Å². The minimum atomic E-state index is -3.57. The second-order valence-corrected chi connectivity index (χ2v) is 11.0. The molecule has 0 bridgehead atoms. The fourth-order valence-electron chi connectivity index (χ4n) is 5.21. The summed E-state index contributed by atoms with van der Waals surface area (Å²) in [7, 11) is -3.57. The number of rotatable bonds is 3. The first-order valence-corrected chi connectivity index (χ1v) is 12.4. The van der Waals surface area contributed by atoms with E-state index < -0.39 is 20.5 Å². The quantitative estimate of drug-likeness (QED) is 0.708. The van der Waals surface area contributed by atoms with Crippen molar-refractivity contribution in [1.82, 2.24) is 9.80 Å². The van der Waals surface area contributed by atoms with Gasteiger partial charge in [-0.15, -0.1) is 0 Å². The van der Waals surface area contributed by atoms with Crippen LogP contribution in [0.4, 0.5) is 0 Å². The molecule has 1 aliphatic carbocycles. The molecule has 2 saturated heterocycles. The molecular weight excluding hydrogens is 388 g/mol. The maximum absolute atomic E-state index is 13.0. The molecule has 1 spiro atoms. The Kier molecular flexibility index (Phi) is 5.69. The van der Waals surface area contributed by atoms with Gasteiger partial charge in [0.25, 0.3) is 0 Å². The molecule has 0 atom stereocenters. The van der Waals surface area contributed by atoms with Crippen LogP contribution >= 0.6 is 0 Å². The van der Waals surface area contributed by atoms with Crippen molar-refractivity contribution in [3.8, 4) is 0 Å². The maximum Gasteiger partial charge on any atom is 0.239 e. The molecule has 0 radical (unpaired) electrons. The van der Waals surface area contributed by atoms with Gasteiger partial charge in [0.15, 0.2) is 9.84 Å². The molecule has 0 N–H and O–H groups in total. The standard InChI is InChI=1S/C22H30N2O4S/c25-20-17-29(27,28)22(24(20)16-18-8-4-3-5-9-18)12-14-23(15-13-22)21(26)19-10-6-1-2-7-11-19/h3-5,8-9,19H,1-2,6-7,10-17H2. The molecule has 4 rings (SSSR count). The number of sulfone groups is 1. The Morgan fingerprint density at radius 1 is 1.00 bits per heavy atom. The average Bonchev–Trinajstić information content (AvgIpc) is 2.93. The van der Waals surface area contributed by atoms with Crippen molar-refractivity contribution in [3.05, 3.63) is 35.9 Å². The van der Waals surface area contributed by atoms with Gasteiger partial charge < -0.3 is 9.80 Å². The molecule has 0 aromatic heterocycles. The van der Waals surface area contributed by atoms with Crippen LogP contribution in [-0.2, 0) is 26.0 Å². The van der Waals surface area contributed by atoms with Crippen LogP contribution in [0.25, 0.3) is 0 Å². The number of hydrogen-bond donors (Lipinski definition) is 0. The number of amides is 2. The van der Waals surface area contributed by atoms with Gasteiger partial charge in [-0.05, 0) is 18.4 Å². The Balaban J connectivity index is 1.50. The van der Waals surface area contributed by atoms with Gasteiger partial charge in [0.1, 0.15) is 10.6 Å². The number of likely N-dealkylation sites (tertiary alicyclic amines) is 1. The molecule has 3 aliphatic rings. The summed E-state index contributed by atoms with van der Waals surface area (Å²) >= 11 is 0. The van der Waals surface area contributed by atoms with Crippen molar-refractivity contribution in [1.29, 1.82) is 0 Å². The van der Waals surface area contributed by atoms with Crippen molar-refractivity contribution in [3.63, 3.8) is 0 Å². The fourth-order valence-corrected chi connectivity index (χ4v) is 7.27. The molecule has 2 aliphatic heterocycles. The lowest BCUT2D eigenvalue weighted by Gasteiger charge is -2.44. The van der Waals surface area contributed by atoms with Crippen LogP contribution in [0.3, 0.4) is 0 Å².